The zero-order valence-corrected chi connectivity index (χ0v) is 11.1. The number of aromatic nitrogens is 1. The summed E-state index contributed by atoms with van der Waals surface area (Å²) in [4.78, 5) is 25.3. The van der Waals surface area contributed by atoms with Gasteiger partial charge in [0, 0.05) is 12.3 Å². The number of benzene rings is 1. The highest BCUT2D eigenvalue weighted by atomic mass is 32.2. The average Bonchev–Trinajstić information content (AvgIpc) is 2.48. The first-order valence-corrected chi connectivity index (χ1v) is 6.55. The molecule has 0 saturated carbocycles. The van der Waals surface area contributed by atoms with Crippen LogP contribution in [0.15, 0.2) is 48.8 Å². The Kier molecular flexibility index (Phi) is 4.67. The molecule has 0 spiro atoms. The van der Waals surface area contributed by atoms with E-state index in [-0.39, 0.29) is 11.3 Å². The van der Waals surface area contributed by atoms with Gasteiger partial charge in [-0.25, -0.2) is 4.79 Å². The number of nitro groups is 1. The fourth-order valence-electron chi connectivity index (χ4n) is 1.41. The molecule has 0 aliphatic carbocycles. The van der Waals surface area contributed by atoms with Crippen LogP contribution in [0.4, 0.5) is 5.69 Å². The summed E-state index contributed by atoms with van der Waals surface area (Å²) in [6.45, 7) is 0. The van der Waals surface area contributed by atoms with E-state index in [1.165, 1.54) is 6.20 Å². The number of nitrogens with zero attached hydrogens (tertiary/aromatic N) is 2. The average molecular weight is 290 g/mol. The topological polar surface area (TPSA) is 82.3 Å². The summed E-state index contributed by atoms with van der Waals surface area (Å²) in [5.41, 5.74) is 0.828. The van der Waals surface area contributed by atoms with Crippen LogP contribution >= 0.6 is 12.0 Å². The number of hydrogen-bond donors (Lipinski definition) is 0. The van der Waals surface area contributed by atoms with Crippen molar-refractivity contribution in [1.82, 2.24) is 4.98 Å². The van der Waals surface area contributed by atoms with Crippen molar-refractivity contribution >= 4 is 23.7 Å². The molecule has 0 aliphatic rings. The molecule has 0 unspecified atom stereocenters. The van der Waals surface area contributed by atoms with Gasteiger partial charge in [0.2, 0.25) is 0 Å². The zero-order valence-electron chi connectivity index (χ0n) is 10.3. The lowest BCUT2D eigenvalue weighted by molar-refractivity contribution is -0.385. The Labute approximate surface area is 119 Å². The van der Waals surface area contributed by atoms with Gasteiger partial charge < -0.3 is 4.18 Å². The molecule has 102 valence electrons. The molecule has 0 radical (unpaired) electrons. The fourth-order valence-corrected chi connectivity index (χ4v) is 2.00. The van der Waals surface area contributed by atoms with Gasteiger partial charge in [0.15, 0.2) is 0 Å². The molecule has 6 nitrogen and oxygen atoms in total. The van der Waals surface area contributed by atoms with Gasteiger partial charge in [-0.3, -0.25) is 15.1 Å². The van der Waals surface area contributed by atoms with Crippen molar-refractivity contribution in [3.8, 4) is 0 Å². The molecule has 0 atom stereocenters. The van der Waals surface area contributed by atoms with Crippen molar-refractivity contribution in [2.24, 2.45) is 0 Å². The van der Waals surface area contributed by atoms with E-state index in [9.17, 15) is 14.9 Å². The second-order valence-corrected chi connectivity index (χ2v) is 4.50. The van der Waals surface area contributed by atoms with Crippen molar-refractivity contribution in [1.29, 1.82) is 0 Å². The summed E-state index contributed by atoms with van der Waals surface area (Å²) in [5, 5.41) is 10.6. The quantitative estimate of drug-likeness (QED) is 0.478. The first kappa shape index (κ1) is 14.0. The van der Waals surface area contributed by atoms with Crippen LogP contribution in [0.5, 0.6) is 0 Å². The third-order valence-electron chi connectivity index (χ3n) is 2.37. The Morgan fingerprint density at radius 3 is 2.75 bits per heavy atom. The Balaban J connectivity index is 1.92. The van der Waals surface area contributed by atoms with Crippen molar-refractivity contribution in [3.63, 3.8) is 0 Å². The normalized spacial score (nSPS) is 10.0. The van der Waals surface area contributed by atoms with E-state index in [4.69, 9.17) is 4.18 Å². The van der Waals surface area contributed by atoms with E-state index in [1.54, 1.807) is 0 Å². The predicted molar refractivity (Wildman–Crippen MR) is 74.0 cm³/mol. The summed E-state index contributed by atoms with van der Waals surface area (Å²) in [6, 6.07) is 10.6. The Morgan fingerprint density at radius 2 is 2.05 bits per heavy atom. The highest BCUT2D eigenvalue weighted by Gasteiger charge is 2.14. The Hall–Kier alpha value is -2.41. The van der Waals surface area contributed by atoms with Crippen molar-refractivity contribution in [3.05, 3.63) is 70.0 Å². The number of carbonyl (C=O) groups is 1. The van der Waals surface area contributed by atoms with E-state index in [0.29, 0.717) is 5.75 Å². The summed E-state index contributed by atoms with van der Waals surface area (Å²) >= 11 is 0.976. The molecule has 0 fully saturated rings. The van der Waals surface area contributed by atoms with Crippen molar-refractivity contribution in [2.75, 3.05) is 0 Å². The van der Waals surface area contributed by atoms with Crippen LogP contribution in [-0.2, 0) is 9.94 Å². The lowest BCUT2D eigenvalue weighted by atomic mass is 10.2. The van der Waals surface area contributed by atoms with Crippen molar-refractivity contribution in [2.45, 2.75) is 5.75 Å². The molecule has 2 aromatic rings. The lowest BCUT2D eigenvalue weighted by Gasteiger charge is -2.02. The van der Waals surface area contributed by atoms with Crippen LogP contribution in [0.1, 0.15) is 15.9 Å². The van der Waals surface area contributed by atoms with Crippen LogP contribution in [0.25, 0.3) is 0 Å². The van der Waals surface area contributed by atoms with Gasteiger partial charge in [-0.2, -0.15) is 0 Å². The molecule has 20 heavy (non-hydrogen) atoms. The molecular weight excluding hydrogens is 280 g/mol. The highest BCUT2D eigenvalue weighted by Crippen LogP contribution is 2.17. The van der Waals surface area contributed by atoms with Crippen LogP contribution < -0.4 is 0 Å². The number of pyridine rings is 1. The Bertz CT molecular complexity index is 619. The van der Waals surface area contributed by atoms with Gasteiger partial charge in [-0.05, 0) is 5.56 Å². The molecule has 0 saturated heterocycles. The second kappa shape index (κ2) is 6.67. The molecular formula is C13H10N2O4S. The summed E-state index contributed by atoms with van der Waals surface area (Å²) < 4.78 is 4.98. The monoisotopic (exact) mass is 290 g/mol. The molecule has 2 rings (SSSR count). The number of hydrogen-bond acceptors (Lipinski definition) is 6. The van der Waals surface area contributed by atoms with E-state index in [0.717, 1.165) is 29.9 Å². The predicted octanol–water partition coefficient (Wildman–Crippen LogP) is 3.00. The lowest BCUT2D eigenvalue weighted by Crippen LogP contribution is -2.02. The molecule has 7 heteroatoms. The standard InChI is InChI=1S/C13H10N2O4S/c16-13(11-6-12(15(17)18)8-14-7-11)19-20-9-10-4-2-1-3-5-10/h1-8H,9H2. The third-order valence-corrected chi connectivity index (χ3v) is 3.09. The minimum absolute atomic E-state index is 0.0553. The van der Waals surface area contributed by atoms with Crippen LogP contribution in [0, 0.1) is 10.1 Å². The van der Waals surface area contributed by atoms with Gasteiger partial charge in [0.05, 0.1) is 28.3 Å². The third kappa shape index (κ3) is 3.79. The molecule has 0 aliphatic heterocycles. The molecule has 1 heterocycles. The van der Waals surface area contributed by atoms with Gasteiger partial charge >= 0.3 is 5.97 Å². The van der Waals surface area contributed by atoms with E-state index in [2.05, 4.69) is 4.98 Å². The van der Waals surface area contributed by atoms with E-state index >= 15 is 0 Å². The number of rotatable bonds is 5. The van der Waals surface area contributed by atoms with Crippen LogP contribution in [-0.4, -0.2) is 15.9 Å². The largest absolute Gasteiger partial charge is 0.387 e. The molecule has 1 aromatic carbocycles. The molecule has 0 amide bonds. The maximum Gasteiger partial charge on any atom is 0.352 e. The number of carbonyl (C=O) groups excluding carboxylic acids is 1. The minimum atomic E-state index is -0.651. The first-order chi connectivity index (χ1) is 9.66. The summed E-state index contributed by atoms with van der Waals surface area (Å²) in [6.07, 6.45) is 2.31. The van der Waals surface area contributed by atoms with Crippen LogP contribution in [0.3, 0.4) is 0 Å². The maximum atomic E-state index is 11.7. The van der Waals surface area contributed by atoms with Gasteiger partial charge in [-0.1, -0.05) is 30.3 Å². The highest BCUT2D eigenvalue weighted by molar-refractivity contribution is 7.94. The minimum Gasteiger partial charge on any atom is -0.387 e. The van der Waals surface area contributed by atoms with Crippen molar-refractivity contribution < 1.29 is 13.9 Å². The zero-order chi connectivity index (χ0) is 14.4. The molecule has 0 bridgehead atoms. The van der Waals surface area contributed by atoms with E-state index < -0.39 is 10.9 Å². The summed E-state index contributed by atoms with van der Waals surface area (Å²) in [5.74, 6) is -0.142. The van der Waals surface area contributed by atoms with Gasteiger partial charge in [0.1, 0.15) is 6.20 Å². The smallest absolute Gasteiger partial charge is 0.352 e. The molecule has 0 N–H and O–H groups in total. The fraction of sp³-hybridized carbons (Fsp3) is 0.0769. The van der Waals surface area contributed by atoms with E-state index in [1.807, 2.05) is 30.3 Å². The van der Waals surface area contributed by atoms with Gasteiger partial charge in [-0.15, -0.1) is 0 Å². The SMILES string of the molecule is O=C(OSCc1ccccc1)c1cncc([N+](=O)[O-])c1. The first-order valence-electron chi connectivity index (χ1n) is 5.64. The summed E-state index contributed by atoms with van der Waals surface area (Å²) in [7, 11) is 0. The molecule has 1 aromatic heterocycles. The maximum absolute atomic E-state index is 11.7. The Morgan fingerprint density at radius 1 is 1.30 bits per heavy atom. The second-order valence-electron chi connectivity index (χ2n) is 3.81. The van der Waals surface area contributed by atoms with Crippen LogP contribution in [0.2, 0.25) is 0 Å². The van der Waals surface area contributed by atoms with Gasteiger partial charge in [0.25, 0.3) is 5.69 Å².